The quantitative estimate of drug-likeness (QED) is 0.777. The molecule has 0 heterocycles. The maximum Gasteiger partial charge on any atom is 0.238 e. The third kappa shape index (κ3) is 4.06. The van der Waals surface area contributed by atoms with Crippen LogP contribution in [-0.2, 0) is 14.8 Å². The van der Waals surface area contributed by atoms with Crippen molar-refractivity contribution in [2.75, 3.05) is 5.32 Å². The molecule has 8 heteroatoms. The molecule has 1 unspecified atom stereocenters. The highest BCUT2D eigenvalue weighted by Crippen LogP contribution is 2.25. The van der Waals surface area contributed by atoms with E-state index in [0.29, 0.717) is 10.2 Å². The van der Waals surface area contributed by atoms with E-state index in [4.69, 9.17) is 5.14 Å². The smallest absolute Gasteiger partial charge is 0.238 e. The largest absolute Gasteiger partial charge is 0.324 e. The fourth-order valence-electron chi connectivity index (χ4n) is 1.01. The molecule has 0 aliphatic heterocycles. The molecule has 94 valence electrons. The normalized spacial score (nSPS) is 13.2. The summed E-state index contributed by atoms with van der Waals surface area (Å²) < 4.78 is 22.6. The Morgan fingerprint density at radius 3 is 2.47 bits per heavy atom. The highest BCUT2D eigenvalue weighted by Gasteiger charge is 2.13. The van der Waals surface area contributed by atoms with Crippen molar-refractivity contribution < 1.29 is 13.2 Å². The Labute approximate surface area is 116 Å². The lowest BCUT2D eigenvalue weighted by Crippen LogP contribution is -2.20. The minimum absolute atomic E-state index is 0.0192. The van der Waals surface area contributed by atoms with Crippen molar-refractivity contribution in [3.63, 3.8) is 0 Å². The van der Waals surface area contributed by atoms with Crippen LogP contribution in [0.25, 0.3) is 0 Å². The number of nitrogens with two attached hydrogens (primary N) is 1. The zero-order valence-corrected chi connectivity index (χ0v) is 12.8. The molecular weight excluding hydrogens is 376 g/mol. The summed E-state index contributed by atoms with van der Waals surface area (Å²) in [5.41, 5.74) is 0.480. The molecule has 17 heavy (non-hydrogen) atoms. The molecule has 0 radical (unpaired) electrons. The van der Waals surface area contributed by atoms with Crippen LogP contribution in [0.15, 0.2) is 27.6 Å². The number of amides is 1. The molecule has 1 aromatic rings. The van der Waals surface area contributed by atoms with Crippen LogP contribution < -0.4 is 10.5 Å². The van der Waals surface area contributed by atoms with Crippen LogP contribution in [0.3, 0.4) is 0 Å². The van der Waals surface area contributed by atoms with Crippen LogP contribution in [0.4, 0.5) is 5.69 Å². The number of nitrogens with one attached hydrogen (secondary N) is 1. The third-order valence-corrected chi connectivity index (χ3v) is 3.87. The predicted octanol–water partition coefficient (Wildman–Crippen LogP) is 1.82. The van der Waals surface area contributed by atoms with Crippen LogP contribution in [0.2, 0.25) is 0 Å². The highest BCUT2D eigenvalue weighted by atomic mass is 79.9. The van der Waals surface area contributed by atoms with E-state index in [1.165, 1.54) is 18.2 Å². The highest BCUT2D eigenvalue weighted by molar-refractivity contribution is 9.10. The van der Waals surface area contributed by atoms with Crippen molar-refractivity contribution >= 4 is 53.5 Å². The zero-order valence-electron chi connectivity index (χ0n) is 8.78. The molecule has 0 aromatic heterocycles. The first-order valence-corrected chi connectivity index (χ1v) is 7.74. The summed E-state index contributed by atoms with van der Waals surface area (Å²) in [7, 11) is -3.74. The van der Waals surface area contributed by atoms with E-state index in [1.807, 2.05) is 0 Å². The molecule has 1 rings (SSSR count). The van der Waals surface area contributed by atoms with Gasteiger partial charge in [0.15, 0.2) is 0 Å². The lowest BCUT2D eigenvalue weighted by atomic mass is 10.3. The summed E-state index contributed by atoms with van der Waals surface area (Å²) in [5.74, 6) is -0.228. The molecule has 0 fully saturated rings. The molecule has 0 bridgehead atoms. The number of halogens is 2. The van der Waals surface area contributed by atoms with Crippen molar-refractivity contribution in [3.05, 3.63) is 22.7 Å². The van der Waals surface area contributed by atoms with E-state index in [9.17, 15) is 13.2 Å². The van der Waals surface area contributed by atoms with Gasteiger partial charge < -0.3 is 5.32 Å². The zero-order chi connectivity index (χ0) is 13.2. The number of alkyl halides is 1. The van der Waals surface area contributed by atoms with E-state index in [1.54, 1.807) is 6.92 Å². The Morgan fingerprint density at radius 2 is 2.06 bits per heavy atom. The Kier molecular flexibility index (Phi) is 4.70. The van der Waals surface area contributed by atoms with Crippen LogP contribution in [0.5, 0.6) is 0 Å². The van der Waals surface area contributed by atoms with E-state index < -0.39 is 10.0 Å². The summed E-state index contributed by atoms with van der Waals surface area (Å²) in [5, 5.41) is 7.60. The maximum atomic E-state index is 11.4. The standard InChI is InChI=1S/C9H10Br2N2O3S/c1-5(10)9(14)13-8-3-2-6(4-7(8)11)17(12,15)16/h2-5H,1H3,(H,13,14)(H2,12,15,16). The van der Waals surface area contributed by atoms with Gasteiger partial charge in [0, 0.05) is 4.47 Å². The molecule has 1 amide bonds. The van der Waals surface area contributed by atoms with Gasteiger partial charge in [0.25, 0.3) is 0 Å². The lowest BCUT2D eigenvalue weighted by molar-refractivity contribution is -0.115. The Bertz CT molecular complexity index is 543. The summed E-state index contributed by atoms with van der Waals surface area (Å²) in [6.45, 7) is 1.68. The van der Waals surface area contributed by atoms with Gasteiger partial charge in [0.05, 0.1) is 15.4 Å². The van der Waals surface area contributed by atoms with Gasteiger partial charge in [-0.2, -0.15) is 0 Å². The molecule has 5 nitrogen and oxygen atoms in total. The van der Waals surface area contributed by atoms with Gasteiger partial charge in [0.1, 0.15) is 0 Å². The van der Waals surface area contributed by atoms with Gasteiger partial charge in [0.2, 0.25) is 15.9 Å². The maximum absolute atomic E-state index is 11.4. The number of carbonyl (C=O) groups excluding carboxylic acids is 1. The van der Waals surface area contributed by atoms with Crippen LogP contribution >= 0.6 is 31.9 Å². The molecule has 3 N–H and O–H groups in total. The van der Waals surface area contributed by atoms with Gasteiger partial charge in [-0.05, 0) is 41.1 Å². The number of carbonyl (C=O) groups is 1. The number of benzene rings is 1. The number of anilines is 1. The predicted molar refractivity (Wildman–Crippen MR) is 72.5 cm³/mol. The van der Waals surface area contributed by atoms with Crippen molar-refractivity contribution in [1.82, 2.24) is 0 Å². The van der Waals surface area contributed by atoms with Crippen molar-refractivity contribution in [3.8, 4) is 0 Å². The fraction of sp³-hybridized carbons (Fsp3) is 0.222. The van der Waals surface area contributed by atoms with E-state index in [-0.39, 0.29) is 15.6 Å². The Morgan fingerprint density at radius 1 is 1.47 bits per heavy atom. The minimum atomic E-state index is -3.74. The summed E-state index contributed by atoms with van der Waals surface area (Å²) in [6.07, 6.45) is 0. The molecule has 0 saturated carbocycles. The van der Waals surface area contributed by atoms with Gasteiger partial charge in [-0.25, -0.2) is 13.6 Å². The second-order valence-electron chi connectivity index (χ2n) is 3.29. The van der Waals surface area contributed by atoms with Crippen molar-refractivity contribution in [2.45, 2.75) is 16.6 Å². The number of hydrogen-bond acceptors (Lipinski definition) is 3. The van der Waals surface area contributed by atoms with E-state index >= 15 is 0 Å². The van der Waals surface area contributed by atoms with Gasteiger partial charge in [-0.3, -0.25) is 4.79 Å². The van der Waals surface area contributed by atoms with E-state index in [2.05, 4.69) is 37.2 Å². The Balaban J connectivity index is 3.03. The first-order valence-electron chi connectivity index (χ1n) is 4.49. The van der Waals surface area contributed by atoms with Crippen molar-refractivity contribution in [2.24, 2.45) is 5.14 Å². The Hall–Kier alpha value is -0.440. The summed E-state index contributed by atoms with van der Waals surface area (Å²) >= 11 is 6.29. The van der Waals surface area contributed by atoms with Crippen molar-refractivity contribution in [1.29, 1.82) is 0 Å². The summed E-state index contributed by atoms with van der Waals surface area (Å²) in [4.78, 5) is 11.1. The fourth-order valence-corrected chi connectivity index (χ4v) is 2.29. The minimum Gasteiger partial charge on any atom is -0.324 e. The summed E-state index contributed by atoms with van der Waals surface area (Å²) in [6, 6.07) is 4.13. The molecular formula is C9H10Br2N2O3S. The van der Waals surface area contributed by atoms with Gasteiger partial charge in [-0.15, -0.1) is 0 Å². The lowest BCUT2D eigenvalue weighted by Gasteiger charge is -2.09. The van der Waals surface area contributed by atoms with Gasteiger partial charge >= 0.3 is 0 Å². The molecule has 0 spiro atoms. The molecule has 0 aliphatic rings. The number of hydrogen-bond donors (Lipinski definition) is 2. The molecule has 1 aromatic carbocycles. The molecule has 0 saturated heterocycles. The second-order valence-corrected chi connectivity index (χ2v) is 7.08. The molecule has 1 atom stereocenters. The van der Waals surface area contributed by atoms with Crippen LogP contribution in [0.1, 0.15) is 6.92 Å². The third-order valence-electron chi connectivity index (χ3n) is 1.89. The average molecular weight is 386 g/mol. The average Bonchev–Trinajstić information content (AvgIpc) is 2.19. The monoisotopic (exact) mass is 384 g/mol. The molecule has 0 aliphatic carbocycles. The number of primary sulfonamides is 1. The first-order chi connectivity index (χ1) is 7.71. The second kappa shape index (κ2) is 5.47. The SMILES string of the molecule is CC(Br)C(=O)Nc1ccc(S(N)(=O)=O)cc1Br. The van der Waals surface area contributed by atoms with E-state index in [0.717, 1.165) is 0 Å². The number of rotatable bonds is 3. The first kappa shape index (κ1) is 14.6. The topological polar surface area (TPSA) is 89.3 Å². The van der Waals surface area contributed by atoms with Crippen LogP contribution in [-0.4, -0.2) is 19.2 Å². The van der Waals surface area contributed by atoms with Crippen LogP contribution in [0, 0.1) is 0 Å². The van der Waals surface area contributed by atoms with Gasteiger partial charge in [-0.1, -0.05) is 15.9 Å². The number of sulfonamides is 1.